The van der Waals surface area contributed by atoms with E-state index in [1.165, 1.54) is 6.07 Å². The number of alkyl halides is 3. The third kappa shape index (κ3) is 5.41. The molecule has 1 aromatic carbocycles. The Labute approximate surface area is 105 Å². The number of benzene rings is 1. The van der Waals surface area contributed by atoms with Gasteiger partial charge >= 0.3 is 6.18 Å². The Morgan fingerprint density at radius 1 is 1.24 bits per heavy atom. The molecule has 0 fully saturated rings. The zero-order valence-corrected chi connectivity index (χ0v) is 10.9. The fourth-order valence-corrected chi connectivity index (χ4v) is 1.37. The van der Waals surface area contributed by atoms with Gasteiger partial charge in [0.2, 0.25) is 0 Å². The van der Waals surface area contributed by atoms with Crippen molar-refractivity contribution in [2.24, 2.45) is 0 Å². The van der Waals surface area contributed by atoms with Gasteiger partial charge in [0.1, 0.15) is 0 Å². The van der Waals surface area contributed by atoms with Crippen LogP contribution in [-0.4, -0.2) is 6.54 Å². The Balaban J connectivity index is 0.00000121. The molecule has 0 saturated heterocycles. The molecular weight excluding hydrogens is 251 g/mol. The summed E-state index contributed by atoms with van der Waals surface area (Å²) in [5.74, 6) is 0. The van der Waals surface area contributed by atoms with Gasteiger partial charge in [-0.2, -0.15) is 13.2 Å². The van der Waals surface area contributed by atoms with Crippen molar-refractivity contribution < 1.29 is 13.2 Å². The van der Waals surface area contributed by atoms with Crippen LogP contribution in [0.4, 0.5) is 13.2 Å². The predicted molar refractivity (Wildman–Crippen MR) is 65.2 cm³/mol. The number of halogens is 4. The second kappa shape index (κ2) is 7.56. The zero-order valence-electron chi connectivity index (χ0n) is 10.2. The second-order valence-corrected chi connectivity index (χ2v) is 3.49. The molecule has 5 heteroatoms. The second-order valence-electron chi connectivity index (χ2n) is 3.08. The summed E-state index contributed by atoms with van der Waals surface area (Å²) in [6, 6.07) is 3.39. The number of nitrogens with one attached hydrogen (secondary N) is 1. The van der Waals surface area contributed by atoms with Crippen molar-refractivity contribution in [1.82, 2.24) is 5.32 Å². The molecule has 0 amide bonds. The fraction of sp³-hybridized carbons (Fsp3) is 0.500. The van der Waals surface area contributed by atoms with E-state index >= 15 is 0 Å². The SMILES string of the molecule is CC.CCNCc1ccc(C(F)(F)F)cc1Cl. The number of hydrogen-bond donors (Lipinski definition) is 1. The molecule has 1 nitrogen and oxygen atoms in total. The van der Waals surface area contributed by atoms with E-state index in [1.807, 2.05) is 20.8 Å². The van der Waals surface area contributed by atoms with Crippen molar-refractivity contribution >= 4 is 11.6 Å². The van der Waals surface area contributed by atoms with Crippen LogP contribution in [-0.2, 0) is 12.7 Å². The van der Waals surface area contributed by atoms with Gasteiger partial charge in [-0.1, -0.05) is 38.4 Å². The molecule has 17 heavy (non-hydrogen) atoms. The summed E-state index contributed by atoms with van der Waals surface area (Å²) in [7, 11) is 0. The smallest absolute Gasteiger partial charge is 0.313 e. The molecule has 98 valence electrons. The Bertz CT molecular complexity index is 337. The summed E-state index contributed by atoms with van der Waals surface area (Å²) in [6.07, 6.45) is -4.33. The Morgan fingerprint density at radius 2 is 1.82 bits per heavy atom. The van der Waals surface area contributed by atoms with E-state index in [0.29, 0.717) is 12.1 Å². The number of hydrogen-bond acceptors (Lipinski definition) is 1. The van der Waals surface area contributed by atoms with E-state index in [-0.39, 0.29) is 5.02 Å². The first kappa shape index (κ1) is 16.3. The summed E-state index contributed by atoms with van der Waals surface area (Å²) < 4.78 is 36.8. The third-order valence-electron chi connectivity index (χ3n) is 1.95. The first-order chi connectivity index (χ1) is 7.95. The van der Waals surface area contributed by atoms with Crippen LogP contribution in [0.2, 0.25) is 5.02 Å². The first-order valence-corrected chi connectivity index (χ1v) is 5.89. The van der Waals surface area contributed by atoms with E-state index in [0.717, 1.165) is 18.7 Å². The van der Waals surface area contributed by atoms with Gasteiger partial charge < -0.3 is 5.32 Å². The molecule has 0 saturated carbocycles. The molecular formula is C12H17ClF3N. The van der Waals surface area contributed by atoms with Crippen LogP contribution in [0, 0.1) is 0 Å². The lowest BCUT2D eigenvalue weighted by atomic mass is 10.1. The molecule has 0 radical (unpaired) electrons. The summed E-state index contributed by atoms with van der Waals surface area (Å²) >= 11 is 5.73. The average Bonchev–Trinajstić information content (AvgIpc) is 2.29. The summed E-state index contributed by atoms with van der Waals surface area (Å²) in [4.78, 5) is 0. The van der Waals surface area contributed by atoms with Crippen molar-refractivity contribution in [3.63, 3.8) is 0 Å². The molecule has 0 spiro atoms. The van der Waals surface area contributed by atoms with Gasteiger partial charge in [0.25, 0.3) is 0 Å². The standard InChI is InChI=1S/C10H11ClF3N.C2H6/c1-2-15-6-7-3-4-8(5-9(7)11)10(12,13)14;1-2/h3-5,15H,2,6H2,1H3;1-2H3. The normalized spacial score (nSPS) is 10.8. The highest BCUT2D eigenvalue weighted by atomic mass is 35.5. The lowest BCUT2D eigenvalue weighted by Crippen LogP contribution is -2.12. The van der Waals surface area contributed by atoms with Crippen molar-refractivity contribution in [2.75, 3.05) is 6.54 Å². The van der Waals surface area contributed by atoms with Gasteiger partial charge in [0.15, 0.2) is 0 Å². The van der Waals surface area contributed by atoms with E-state index in [1.54, 1.807) is 0 Å². The van der Waals surface area contributed by atoms with E-state index in [2.05, 4.69) is 5.32 Å². The topological polar surface area (TPSA) is 12.0 Å². The summed E-state index contributed by atoms with van der Waals surface area (Å²) in [6.45, 7) is 7.14. The minimum absolute atomic E-state index is 0.144. The zero-order chi connectivity index (χ0) is 13.5. The quantitative estimate of drug-likeness (QED) is 0.851. The van der Waals surface area contributed by atoms with Crippen molar-refractivity contribution in [3.05, 3.63) is 34.3 Å². The van der Waals surface area contributed by atoms with Crippen LogP contribution in [0.3, 0.4) is 0 Å². The van der Waals surface area contributed by atoms with Crippen molar-refractivity contribution in [2.45, 2.75) is 33.5 Å². The molecule has 0 atom stereocenters. The van der Waals surface area contributed by atoms with Gasteiger partial charge in [-0.15, -0.1) is 0 Å². The molecule has 0 heterocycles. The van der Waals surface area contributed by atoms with E-state index in [9.17, 15) is 13.2 Å². The van der Waals surface area contributed by atoms with Crippen LogP contribution < -0.4 is 5.32 Å². The first-order valence-electron chi connectivity index (χ1n) is 5.51. The van der Waals surface area contributed by atoms with Gasteiger partial charge in [-0.3, -0.25) is 0 Å². The third-order valence-corrected chi connectivity index (χ3v) is 2.30. The molecule has 1 aromatic rings. The molecule has 0 aliphatic heterocycles. The Kier molecular flexibility index (Phi) is 7.23. The Hall–Kier alpha value is -0.740. The van der Waals surface area contributed by atoms with Crippen molar-refractivity contribution in [1.29, 1.82) is 0 Å². The van der Waals surface area contributed by atoms with Crippen LogP contribution >= 0.6 is 11.6 Å². The van der Waals surface area contributed by atoms with Crippen LogP contribution in [0.25, 0.3) is 0 Å². The lowest BCUT2D eigenvalue weighted by molar-refractivity contribution is -0.137. The average molecular weight is 268 g/mol. The summed E-state index contributed by atoms with van der Waals surface area (Å²) in [5.41, 5.74) is -0.0423. The maximum Gasteiger partial charge on any atom is 0.416 e. The van der Waals surface area contributed by atoms with E-state index in [4.69, 9.17) is 11.6 Å². The van der Waals surface area contributed by atoms with E-state index < -0.39 is 11.7 Å². The fourth-order valence-electron chi connectivity index (χ4n) is 1.13. The molecule has 1 N–H and O–H groups in total. The minimum Gasteiger partial charge on any atom is -0.313 e. The highest BCUT2D eigenvalue weighted by molar-refractivity contribution is 6.31. The molecule has 0 aliphatic carbocycles. The monoisotopic (exact) mass is 267 g/mol. The lowest BCUT2D eigenvalue weighted by Gasteiger charge is -2.10. The molecule has 0 aliphatic rings. The Morgan fingerprint density at radius 3 is 2.24 bits per heavy atom. The molecule has 0 unspecified atom stereocenters. The maximum atomic E-state index is 12.3. The molecule has 1 rings (SSSR count). The largest absolute Gasteiger partial charge is 0.416 e. The maximum absolute atomic E-state index is 12.3. The summed E-state index contributed by atoms with van der Waals surface area (Å²) in [5, 5.41) is 3.14. The van der Waals surface area contributed by atoms with Crippen LogP contribution in [0.5, 0.6) is 0 Å². The predicted octanol–water partition coefficient (Wildman–Crippen LogP) is 4.49. The van der Waals surface area contributed by atoms with Gasteiger partial charge in [0.05, 0.1) is 5.56 Å². The van der Waals surface area contributed by atoms with Crippen molar-refractivity contribution in [3.8, 4) is 0 Å². The minimum atomic E-state index is -4.33. The van der Waals surface area contributed by atoms with Gasteiger partial charge in [0, 0.05) is 11.6 Å². The molecule has 0 bridgehead atoms. The number of rotatable bonds is 3. The van der Waals surface area contributed by atoms with Crippen LogP contribution in [0.15, 0.2) is 18.2 Å². The van der Waals surface area contributed by atoms with Gasteiger partial charge in [-0.25, -0.2) is 0 Å². The highest BCUT2D eigenvalue weighted by Crippen LogP contribution is 2.31. The molecule has 0 aromatic heterocycles. The van der Waals surface area contributed by atoms with Gasteiger partial charge in [-0.05, 0) is 24.2 Å². The van der Waals surface area contributed by atoms with Crippen LogP contribution in [0.1, 0.15) is 31.9 Å². The highest BCUT2D eigenvalue weighted by Gasteiger charge is 2.30.